The van der Waals surface area contributed by atoms with Gasteiger partial charge in [0.15, 0.2) is 0 Å². The molecule has 16 heavy (non-hydrogen) atoms. The average Bonchev–Trinajstić information content (AvgIpc) is 2.21. The highest BCUT2D eigenvalue weighted by Crippen LogP contribution is 2.53. The van der Waals surface area contributed by atoms with Gasteiger partial charge >= 0.3 is 0 Å². The molecule has 0 spiro atoms. The van der Waals surface area contributed by atoms with Crippen molar-refractivity contribution < 1.29 is 0 Å². The molecule has 0 saturated carbocycles. The summed E-state index contributed by atoms with van der Waals surface area (Å²) in [4.78, 5) is 0. The Morgan fingerprint density at radius 1 is 1.31 bits per heavy atom. The molecule has 0 aromatic rings. The Morgan fingerprint density at radius 3 is 2.62 bits per heavy atom. The van der Waals surface area contributed by atoms with Gasteiger partial charge < -0.3 is 0 Å². The van der Waals surface area contributed by atoms with Gasteiger partial charge in [-0.25, -0.2) is 0 Å². The molecule has 0 fully saturated rings. The second kappa shape index (κ2) is 3.75. The van der Waals surface area contributed by atoms with Crippen LogP contribution >= 0.6 is 0 Å². The normalized spacial score (nSPS) is 38.1. The van der Waals surface area contributed by atoms with Gasteiger partial charge in [-0.1, -0.05) is 44.9 Å². The third-order valence-electron chi connectivity index (χ3n) is 5.23. The van der Waals surface area contributed by atoms with Crippen molar-refractivity contribution in [1.29, 1.82) is 0 Å². The summed E-state index contributed by atoms with van der Waals surface area (Å²) in [7, 11) is 0. The summed E-state index contributed by atoms with van der Waals surface area (Å²) in [5.74, 6) is 0.762. The minimum atomic E-state index is 0.327. The Morgan fingerprint density at radius 2 is 2.00 bits per heavy atom. The molecule has 0 heteroatoms. The van der Waals surface area contributed by atoms with Crippen molar-refractivity contribution in [3.63, 3.8) is 0 Å². The Hall–Kier alpha value is -0.520. The first-order valence-electron chi connectivity index (χ1n) is 6.74. The predicted octanol–water partition coefficient (Wildman–Crippen LogP) is 5.12. The zero-order valence-electron chi connectivity index (χ0n) is 11.4. The molecule has 0 N–H and O–H groups in total. The summed E-state index contributed by atoms with van der Waals surface area (Å²) < 4.78 is 0. The number of rotatable bonds is 1. The van der Waals surface area contributed by atoms with E-state index in [9.17, 15) is 0 Å². The summed E-state index contributed by atoms with van der Waals surface area (Å²) in [5, 5.41) is 0. The van der Waals surface area contributed by atoms with Crippen molar-refractivity contribution >= 4 is 0 Å². The van der Waals surface area contributed by atoms with Gasteiger partial charge in [-0.05, 0) is 48.9 Å². The molecular formula is C16H26. The maximum atomic E-state index is 4.07. The van der Waals surface area contributed by atoms with Gasteiger partial charge in [-0.3, -0.25) is 0 Å². The summed E-state index contributed by atoms with van der Waals surface area (Å²) in [6.07, 6.45) is 8.88. The standard InChI is InChI=1S/C16H26/c1-6-16(5)11-14-13(10-12(16)2)8-7-9-15(14,3)4/h6,12H,1,7-11H2,2-5H3. The second-order valence-corrected chi connectivity index (χ2v) is 6.81. The molecule has 0 aromatic heterocycles. The third-order valence-corrected chi connectivity index (χ3v) is 5.23. The highest BCUT2D eigenvalue weighted by Gasteiger charge is 2.40. The first-order valence-corrected chi connectivity index (χ1v) is 6.74. The molecule has 0 radical (unpaired) electrons. The molecule has 0 aliphatic heterocycles. The van der Waals surface area contributed by atoms with Crippen LogP contribution in [0.5, 0.6) is 0 Å². The summed E-state index contributed by atoms with van der Waals surface area (Å²) in [6.45, 7) is 13.7. The van der Waals surface area contributed by atoms with Crippen LogP contribution in [0.2, 0.25) is 0 Å². The number of allylic oxidation sites excluding steroid dienone is 3. The van der Waals surface area contributed by atoms with Crippen molar-refractivity contribution in [2.24, 2.45) is 16.7 Å². The lowest BCUT2D eigenvalue weighted by Gasteiger charge is -2.47. The van der Waals surface area contributed by atoms with E-state index in [0.29, 0.717) is 10.8 Å². The summed E-state index contributed by atoms with van der Waals surface area (Å²) in [6, 6.07) is 0. The van der Waals surface area contributed by atoms with Crippen LogP contribution in [0.15, 0.2) is 23.8 Å². The first kappa shape index (κ1) is 12.0. The molecule has 2 atom stereocenters. The third kappa shape index (κ3) is 1.77. The average molecular weight is 218 g/mol. The zero-order chi connectivity index (χ0) is 12.0. The lowest BCUT2D eigenvalue weighted by molar-refractivity contribution is 0.206. The maximum absolute atomic E-state index is 4.07. The van der Waals surface area contributed by atoms with E-state index in [1.807, 2.05) is 0 Å². The highest BCUT2D eigenvalue weighted by molar-refractivity contribution is 5.30. The molecule has 0 bridgehead atoms. The van der Waals surface area contributed by atoms with Crippen LogP contribution in [0.4, 0.5) is 0 Å². The molecular weight excluding hydrogens is 192 g/mol. The maximum Gasteiger partial charge on any atom is -0.00831 e. The van der Waals surface area contributed by atoms with Crippen molar-refractivity contribution in [2.75, 3.05) is 0 Å². The fourth-order valence-corrected chi connectivity index (χ4v) is 3.54. The topological polar surface area (TPSA) is 0 Å². The van der Waals surface area contributed by atoms with Crippen LogP contribution in [0.25, 0.3) is 0 Å². The fourth-order valence-electron chi connectivity index (χ4n) is 3.54. The van der Waals surface area contributed by atoms with Gasteiger partial charge in [0.25, 0.3) is 0 Å². The Balaban J connectivity index is 2.38. The van der Waals surface area contributed by atoms with E-state index >= 15 is 0 Å². The van der Waals surface area contributed by atoms with Crippen molar-refractivity contribution in [2.45, 2.75) is 59.8 Å². The van der Waals surface area contributed by atoms with Crippen LogP contribution in [-0.2, 0) is 0 Å². The smallest absolute Gasteiger partial charge is 0.00831 e. The van der Waals surface area contributed by atoms with Gasteiger partial charge in [-0.2, -0.15) is 0 Å². The molecule has 0 amide bonds. The minimum Gasteiger partial charge on any atom is -0.103 e. The first-order chi connectivity index (χ1) is 7.39. The van der Waals surface area contributed by atoms with Crippen molar-refractivity contribution in [1.82, 2.24) is 0 Å². The molecule has 2 aliphatic carbocycles. The van der Waals surface area contributed by atoms with E-state index in [1.165, 1.54) is 32.1 Å². The molecule has 90 valence electrons. The molecule has 0 heterocycles. The Bertz CT molecular complexity index is 332. The molecule has 2 aliphatic rings. The SMILES string of the molecule is C=CC1(C)CC2=C(CCCC2(C)C)CC1C. The second-order valence-electron chi connectivity index (χ2n) is 6.81. The van der Waals surface area contributed by atoms with Crippen LogP contribution < -0.4 is 0 Å². The van der Waals surface area contributed by atoms with E-state index in [2.05, 4.69) is 40.3 Å². The fraction of sp³-hybridized carbons (Fsp3) is 0.750. The monoisotopic (exact) mass is 218 g/mol. The molecule has 0 aromatic carbocycles. The highest BCUT2D eigenvalue weighted by atomic mass is 14.5. The van der Waals surface area contributed by atoms with Crippen LogP contribution in [0.1, 0.15) is 59.8 Å². The zero-order valence-corrected chi connectivity index (χ0v) is 11.4. The Kier molecular flexibility index (Phi) is 2.80. The van der Waals surface area contributed by atoms with Gasteiger partial charge in [-0.15, -0.1) is 6.58 Å². The van der Waals surface area contributed by atoms with Gasteiger partial charge in [0.1, 0.15) is 0 Å². The van der Waals surface area contributed by atoms with Crippen LogP contribution in [-0.4, -0.2) is 0 Å². The van der Waals surface area contributed by atoms with E-state index in [4.69, 9.17) is 0 Å². The lowest BCUT2D eigenvalue weighted by atomic mass is 9.58. The number of hydrogen-bond donors (Lipinski definition) is 0. The van der Waals surface area contributed by atoms with E-state index in [1.54, 1.807) is 11.1 Å². The van der Waals surface area contributed by atoms with E-state index in [-0.39, 0.29) is 0 Å². The minimum absolute atomic E-state index is 0.327. The molecule has 0 saturated heterocycles. The van der Waals surface area contributed by atoms with Gasteiger partial charge in [0.05, 0.1) is 0 Å². The summed E-state index contributed by atoms with van der Waals surface area (Å²) >= 11 is 0. The Labute approximate surface area is 101 Å². The van der Waals surface area contributed by atoms with Crippen molar-refractivity contribution in [3.05, 3.63) is 23.8 Å². The van der Waals surface area contributed by atoms with Gasteiger partial charge in [0.2, 0.25) is 0 Å². The molecule has 2 rings (SSSR count). The quantitative estimate of drug-likeness (QED) is 0.536. The van der Waals surface area contributed by atoms with E-state index < -0.39 is 0 Å². The van der Waals surface area contributed by atoms with Gasteiger partial charge in [0, 0.05) is 0 Å². The molecule has 0 nitrogen and oxygen atoms in total. The van der Waals surface area contributed by atoms with Crippen molar-refractivity contribution in [3.8, 4) is 0 Å². The number of hydrogen-bond acceptors (Lipinski definition) is 0. The van der Waals surface area contributed by atoms with E-state index in [0.717, 1.165) is 5.92 Å². The summed E-state index contributed by atoms with van der Waals surface area (Å²) in [5.41, 5.74) is 4.31. The largest absolute Gasteiger partial charge is 0.103 e. The molecule has 2 unspecified atom stereocenters. The van der Waals surface area contributed by atoms with Crippen LogP contribution in [0.3, 0.4) is 0 Å². The lowest BCUT2D eigenvalue weighted by Crippen LogP contribution is -2.34. The van der Waals surface area contributed by atoms with Crippen LogP contribution in [0, 0.1) is 16.7 Å². The predicted molar refractivity (Wildman–Crippen MR) is 71.4 cm³/mol.